The number of ether oxygens (including phenoxy) is 1. The lowest BCUT2D eigenvalue weighted by atomic mass is 9.90. The van der Waals surface area contributed by atoms with Crippen molar-refractivity contribution in [2.24, 2.45) is 0 Å². The van der Waals surface area contributed by atoms with E-state index in [-0.39, 0.29) is 12.1 Å². The lowest BCUT2D eigenvalue weighted by Gasteiger charge is -2.35. The summed E-state index contributed by atoms with van der Waals surface area (Å²) < 4.78 is 33.0. The molecule has 2 rings (SSSR count). The predicted octanol–water partition coefficient (Wildman–Crippen LogP) is 1.68. The van der Waals surface area contributed by atoms with Gasteiger partial charge in [-0.25, -0.2) is 13.1 Å². The van der Waals surface area contributed by atoms with Crippen LogP contribution in [0.1, 0.15) is 32.3 Å². The number of benzene rings is 1. The van der Waals surface area contributed by atoms with Crippen LogP contribution in [0.25, 0.3) is 0 Å². The summed E-state index contributed by atoms with van der Waals surface area (Å²) in [7, 11) is -3.51. The highest BCUT2D eigenvalue weighted by molar-refractivity contribution is 7.89. The topological polar surface area (TPSA) is 81.4 Å². The van der Waals surface area contributed by atoms with E-state index in [0.717, 1.165) is 18.4 Å². The number of rotatable bonds is 6. The molecule has 5 nitrogen and oxygen atoms in total. The van der Waals surface area contributed by atoms with E-state index in [0.29, 0.717) is 23.6 Å². The molecule has 0 saturated heterocycles. The van der Waals surface area contributed by atoms with Crippen LogP contribution in [0, 0.1) is 0 Å². The zero-order valence-corrected chi connectivity index (χ0v) is 12.7. The van der Waals surface area contributed by atoms with Gasteiger partial charge in [0.2, 0.25) is 10.0 Å². The minimum absolute atomic E-state index is 0.0392. The fourth-order valence-corrected chi connectivity index (χ4v) is 4.04. The van der Waals surface area contributed by atoms with Crippen LogP contribution in [0.2, 0.25) is 0 Å². The van der Waals surface area contributed by atoms with Crippen molar-refractivity contribution in [3.05, 3.63) is 23.8 Å². The Bertz CT molecular complexity index is 566. The van der Waals surface area contributed by atoms with Gasteiger partial charge in [0.1, 0.15) is 0 Å². The van der Waals surface area contributed by atoms with Crippen molar-refractivity contribution < 1.29 is 13.2 Å². The van der Waals surface area contributed by atoms with E-state index >= 15 is 0 Å². The van der Waals surface area contributed by atoms with Crippen molar-refractivity contribution >= 4 is 15.7 Å². The minimum atomic E-state index is -3.51. The van der Waals surface area contributed by atoms with Gasteiger partial charge in [0.15, 0.2) is 0 Å². The number of hydrogen-bond acceptors (Lipinski definition) is 4. The zero-order chi connectivity index (χ0) is 14.8. The molecule has 0 heterocycles. The molecule has 6 heteroatoms. The molecule has 0 bridgehead atoms. The molecule has 0 aliphatic heterocycles. The largest absolute Gasteiger partial charge is 0.399 e. The van der Waals surface area contributed by atoms with E-state index < -0.39 is 10.0 Å². The normalized spacial score (nSPS) is 22.5. The number of nitrogens with one attached hydrogen (secondary N) is 1. The van der Waals surface area contributed by atoms with Gasteiger partial charge in [-0.1, -0.05) is 13.0 Å². The van der Waals surface area contributed by atoms with Gasteiger partial charge in [0.25, 0.3) is 0 Å². The number of aryl methyl sites for hydroxylation is 1. The summed E-state index contributed by atoms with van der Waals surface area (Å²) in [6.45, 7) is 4.54. The Labute approximate surface area is 120 Å². The Balaban J connectivity index is 2.10. The fraction of sp³-hybridized carbons (Fsp3) is 0.571. The van der Waals surface area contributed by atoms with E-state index in [4.69, 9.17) is 10.5 Å². The molecule has 0 atom stereocenters. The molecule has 1 aromatic rings. The van der Waals surface area contributed by atoms with Gasteiger partial charge in [-0.15, -0.1) is 0 Å². The maximum absolute atomic E-state index is 12.4. The van der Waals surface area contributed by atoms with Crippen LogP contribution < -0.4 is 10.5 Å². The third kappa shape index (κ3) is 3.31. The first-order valence-electron chi connectivity index (χ1n) is 6.98. The summed E-state index contributed by atoms with van der Waals surface area (Å²) in [4.78, 5) is 0.292. The average Bonchev–Trinajstić information content (AvgIpc) is 2.36. The zero-order valence-electron chi connectivity index (χ0n) is 11.9. The summed E-state index contributed by atoms with van der Waals surface area (Å²) in [6.07, 6.45) is 2.30. The maximum atomic E-state index is 12.4. The van der Waals surface area contributed by atoms with E-state index in [1.165, 1.54) is 6.07 Å². The first-order chi connectivity index (χ1) is 9.46. The number of anilines is 1. The van der Waals surface area contributed by atoms with Crippen LogP contribution >= 0.6 is 0 Å². The van der Waals surface area contributed by atoms with Gasteiger partial charge in [-0.05, 0) is 43.9 Å². The lowest BCUT2D eigenvalue weighted by molar-refractivity contribution is -0.00476. The van der Waals surface area contributed by atoms with Crippen molar-refractivity contribution in [3.8, 4) is 0 Å². The molecule has 0 amide bonds. The number of hydrogen-bond donors (Lipinski definition) is 2. The molecule has 0 spiro atoms. The molecule has 112 valence electrons. The summed E-state index contributed by atoms with van der Waals surface area (Å²) in [5.74, 6) is 0. The second-order valence-electron chi connectivity index (χ2n) is 5.09. The third-order valence-electron chi connectivity index (χ3n) is 3.58. The van der Waals surface area contributed by atoms with Crippen molar-refractivity contribution in [2.45, 2.75) is 50.2 Å². The van der Waals surface area contributed by atoms with Crippen LogP contribution in [-0.2, 0) is 21.2 Å². The van der Waals surface area contributed by atoms with E-state index in [1.807, 2.05) is 13.8 Å². The number of nitrogen functional groups attached to an aromatic ring is 1. The van der Waals surface area contributed by atoms with Gasteiger partial charge in [0, 0.05) is 18.3 Å². The van der Waals surface area contributed by atoms with Crippen LogP contribution in [-0.4, -0.2) is 27.2 Å². The summed E-state index contributed by atoms with van der Waals surface area (Å²) >= 11 is 0. The van der Waals surface area contributed by atoms with Crippen molar-refractivity contribution in [2.75, 3.05) is 12.3 Å². The summed E-state index contributed by atoms with van der Waals surface area (Å²) in [6, 6.07) is 4.99. The van der Waals surface area contributed by atoms with Gasteiger partial charge < -0.3 is 10.5 Å². The highest BCUT2D eigenvalue weighted by Crippen LogP contribution is 2.26. The predicted molar refractivity (Wildman–Crippen MR) is 79.0 cm³/mol. The highest BCUT2D eigenvalue weighted by Gasteiger charge is 2.33. The van der Waals surface area contributed by atoms with Gasteiger partial charge in [0.05, 0.1) is 11.0 Å². The van der Waals surface area contributed by atoms with Crippen LogP contribution in [0.5, 0.6) is 0 Å². The van der Waals surface area contributed by atoms with E-state index in [1.54, 1.807) is 12.1 Å². The second-order valence-corrected chi connectivity index (χ2v) is 6.77. The molecule has 20 heavy (non-hydrogen) atoms. The molecular formula is C14H22N2O3S. The first-order valence-corrected chi connectivity index (χ1v) is 8.47. The third-order valence-corrected chi connectivity index (χ3v) is 5.18. The average molecular weight is 298 g/mol. The second kappa shape index (κ2) is 6.11. The summed E-state index contributed by atoms with van der Waals surface area (Å²) in [5, 5.41) is 0. The number of sulfonamides is 1. The van der Waals surface area contributed by atoms with Crippen molar-refractivity contribution in [1.29, 1.82) is 0 Å². The van der Waals surface area contributed by atoms with E-state index in [9.17, 15) is 8.42 Å². The SMILES string of the molecule is CCOC1CC(NS(=O)(=O)c2cc(N)ccc2CC)C1. The van der Waals surface area contributed by atoms with Crippen LogP contribution in [0.4, 0.5) is 5.69 Å². The molecule has 1 aliphatic carbocycles. The summed E-state index contributed by atoms with van der Waals surface area (Å²) in [5.41, 5.74) is 6.95. The first kappa shape index (κ1) is 15.3. The Morgan fingerprint density at radius 2 is 2.05 bits per heavy atom. The Hall–Kier alpha value is -1.11. The molecule has 0 aromatic heterocycles. The molecular weight excluding hydrogens is 276 g/mol. The fourth-order valence-electron chi connectivity index (χ4n) is 2.43. The molecule has 1 aliphatic rings. The van der Waals surface area contributed by atoms with E-state index in [2.05, 4.69) is 4.72 Å². The van der Waals surface area contributed by atoms with Crippen LogP contribution in [0.15, 0.2) is 23.1 Å². The monoisotopic (exact) mass is 298 g/mol. The Kier molecular flexibility index (Phi) is 4.67. The van der Waals surface area contributed by atoms with Gasteiger partial charge in [-0.2, -0.15) is 0 Å². The van der Waals surface area contributed by atoms with Crippen molar-refractivity contribution in [1.82, 2.24) is 4.72 Å². The maximum Gasteiger partial charge on any atom is 0.241 e. The number of nitrogens with two attached hydrogens (primary N) is 1. The molecule has 3 N–H and O–H groups in total. The van der Waals surface area contributed by atoms with Gasteiger partial charge >= 0.3 is 0 Å². The molecule has 1 aromatic carbocycles. The molecule has 0 unspecified atom stereocenters. The lowest BCUT2D eigenvalue weighted by Crippen LogP contribution is -2.47. The highest BCUT2D eigenvalue weighted by atomic mass is 32.2. The van der Waals surface area contributed by atoms with Gasteiger partial charge in [-0.3, -0.25) is 0 Å². The quantitative estimate of drug-likeness (QED) is 0.783. The molecule has 1 fully saturated rings. The van der Waals surface area contributed by atoms with Crippen LogP contribution in [0.3, 0.4) is 0 Å². The van der Waals surface area contributed by atoms with Crippen molar-refractivity contribution in [3.63, 3.8) is 0 Å². The minimum Gasteiger partial charge on any atom is -0.399 e. The smallest absolute Gasteiger partial charge is 0.241 e. The Morgan fingerprint density at radius 3 is 2.65 bits per heavy atom. The molecule has 1 saturated carbocycles. The molecule has 0 radical (unpaired) electrons. The standard InChI is InChI=1S/C14H22N2O3S/c1-3-10-5-6-11(15)7-14(10)20(17,18)16-12-8-13(9-12)19-4-2/h5-7,12-13,16H,3-4,8-9,15H2,1-2H3. The Morgan fingerprint density at radius 1 is 1.35 bits per heavy atom.